The Hall–Kier alpha value is -1.56. The number of amides is 1. The van der Waals surface area contributed by atoms with Crippen molar-refractivity contribution in [2.75, 3.05) is 6.54 Å². The second kappa shape index (κ2) is 5.61. The molecule has 2 N–H and O–H groups in total. The number of rotatable bonds is 3. The van der Waals surface area contributed by atoms with Crippen molar-refractivity contribution in [1.82, 2.24) is 5.32 Å². The molecule has 0 fully saturated rings. The highest BCUT2D eigenvalue weighted by molar-refractivity contribution is 5.94. The fourth-order valence-corrected chi connectivity index (χ4v) is 1.34. The Morgan fingerprint density at radius 3 is 2.16 bits per heavy atom. The Morgan fingerprint density at radius 2 is 1.74 bits per heavy atom. The van der Waals surface area contributed by atoms with Gasteiger partial charge in [-0.2, -0.15) is 0 Å². The predicted octanol–water partition coefficient (Wildman–Crippen LogP) is 2.24. The first kappa shape index (κ1) is 15.5. The number of aliphatic hydroxyl groups excluding tert-OH is 1. The minimum absolute atomic E-state index is 0.154. The van der Waals surface area contributed by atoms with Crippen LogP contribution in [0.15, 0.2) is 12.1 Å². The van der Waals surface area contributed by atoms with Crippen LogP contribution in [0.1, 0.15) is 31.1 Å². The lowest BCUT2D eigenvalue weighted by molar-refractivity contribution is 0.0584. The first-order chi connectivity index (χ1) is 8.62. The third-order valence-electron chi connectivity index (χ3n) is 2.69. The van der Waals surface area contributed by atoms with Gasteiger partial charge >= 0.3 is 0 Å². The smallest absolute Gasteiger partial charge is 0.257 e. The van der Waals surface area contributed by atoms with Crippen molar-refractivity contribution in [3.8, 4) is 0 Å². The average Bonchev–Trinajstić information content (AvgIpc) is 2.22. The van der Waals surface area contributed by atoms with Gasteiger partial charge in [0.05, 0.1) is 6.10 Å². The van der Waals surface area contributed by atoms with E-state index in [1.165, 1.54) is 0 Å². The molecule has 1 aromatic rings. The maximum atomic E-state index is 13.3. The van der Waals surface area contributed by atoms with Crippen molar-refractivity contribution in [2.24, 2.45) is 5.41 Å². The van der Waals surface area contributed by atoms with Crippen molar-refractivity contribution < 1.29 is 23.1 Å². The molecule has 1 unspecified atom stereocenters. The quantitative estimate of drug-likeness (QED) is 0.888. The second-order valence-electron chi connectivity index (χ2n) is 5.34. The van der Waals surface area contributed by atoms with E-state index in [1.54, 1.807) is 20.8 Å². The molecule has 0 radical (unpaired) electrons. The Bertz CT molecular complexity index is 460. The van der Waals surface area contributed by atoms with Crippen LogP contribution in [-0.2, 0) is 0 Å². The summed E-state index contributed by atoms with van der Waals surface area (Å²) >= 11 is 0. The fraction of sp³-hybridized carbons (Fsp3) is 0.462. The van der Waals surface area contributed by atoms with Crippen LogP contribution in [0.2, 0.25) is 0 Å². The summed E-state index contributed by atoms with van der Waals surface area (Å²) < 4.78 is 39.3. The molecule has 0 saturated heterocycles. The highest BCUT2D eigenvalue weighted by Crippen LogP contribution is 2.19. The zero-order valence-corrected chi connectivity index (χ0v) is 10.9. The first-order valence-electron chi connectivity index (χ1n) is 5.73. The minimum atomic E-state index is -1.28. The van der Waals surface area contributed by atoms with Crippen LogP contribution in [0.4, 0.5) is 13.2 Å². The molecule has 0 aliphatic heterocycles. The average molecular weight is 275 g/mol. The van der Waals surface area contributed by atoms with Crippen LogP contribution in [0, 0.1) is 22.9 Å². The van der Waals surface area contributed by atoms with Gasteiger partial charge in [0.1, 0.15) is 23.0 Å². The number of halogens is 3. The van der Waals surface area contributed by atoms with Crippen molar-refractivity contribution >= 4 is 5.91 Å². The molecule has 0 aliphatic carbocycles. The predicted molar refractivity (Wildman–Crippen MR) is 64.1 cm³/mol. The monoisotopic (exact) mass is 275 g/mol. The molecule has 1 amide bonds. The molecule has 106 valence electrons. The van der Waals surface area contributed by atoms with Crippen molar-refractivity contribution in [3.63, 3.8) is 0 Å². The molecule has 19 heavy (non-hydrogen) atoms. The topological polar surface area (TPSA) is 49.3 Å². The molecule has 0 heterocycles. The molecular formula is C13H16F3NO2. The zero-order chi connectivity index (χ0) is 14.8. The maximum Gasteiger partial charge on any atom is 0.257 e. The lowest BCUT2D eigenvalue weighted by Crippen LogP contribution is -2.39. The van der Waals surface area contributed by atoms with E-state index >= 15 is 0 Å². The van der Waals surface area contributed by atoms with E-state index in [-0.39, 0.29) is 6.54 Å². The van der Waals surface area contributed by atoms with E-state index in [0.717, 1.165) is 0 Å². The number of hydrogen-bond donors (Lipinski definition) is 2. The Balaban J connectivity index is 2.80. The largest absolute Gasteiger partial charge is 0.391 e. The molecule has 0 aliphatic rings. The Morgan fingerprint density at radius 1 is 1.26 bits per heavy atom. The van der Waals surface area contributed by atoms with Crippen molar-refractivity contribution in [1.29, 1.82) is 0 Å². The summed E-state index contributed by atoms with van der Waals surface area (Å²) in [6.45, 7) is 5.10. The first-order valence-corrected chi connectivity index (χ1v) is 5.73. The highest BCUT2D eigenvalue weighted by atomic mass is 19.1. The lowest BCUT2D eigenvalue weighted by atomic mass is 9.89. The molecule has 1 aromatic carbocycles. The van der Waals surface area contributed by atoms with Gasteiger partial charge in [0.25, 0.3) is 5.91 Å². The van der Waals surface area contributed by atoms with Crippen LogP contribution in [0.3, 0.4) is 0 Å². The SMILES string of the molecule is CC(C)(C)C(O)CNC(=O)c1c(F)cc(F)cc1F. The normalized spacial score (nSPS) is 13.2. The Kier molecular flexibility index (Phi) is 4.57. The molecule has 1 atom stereocenters. The molecular weight excluding hydrogens is 259 g/mol. The maximum absolute atomic E-state index is 13.3. The van der Waals surface area contributed by atoms with Crippen LogP contribution < -0.4 is 5.32 Å². The summed E-state index contributed by atoms with van der Waals surface area (Å²) in [6.07, 6.45) is -0.872. The number of carbonyl (C=O) groups is 1. The Labute approximate surface area is 109 Å². The number of nitrogens with one attached hydrogen (secondary N) is 1. The van der Waals surface area contributed by atoms with Gasteiger partial charge in [-0.1, -0.05) is 20.8 Å². The van der Waals surface area contributed by atoms with Gasteiger partial charge < -0.3 is 10.4 Å². The van der Waals surface area contributed by atoms with Gasteiger partial charge in [0.15, 0.2) is 0 Å². The second-order valence-corrected chi connectivity index (χ2v) is 5.34. The summed E-state index contributed by atoms with van der Waals surface area (Å²) in [6, 6.07) is 0.858. The van der Waals surface area contributed by atoms with Gasteiger partial charge in [-0.15, -0.1) is 0 Å². The van der Waals surface area contributed by atoms with E-state index in [1.807, 2.05) is 0 Å². The third kappa shape index (κ3) is 3.96. The highest BCUT2D eigenvalue weighted by Gasteiger charge is 2.24. The van der Waals surface area contributed by atoms with Gasteiger partial charge in [-0.25, -0.2) is 13.2 Å². The fourth-order valence-electron chi connectivity index (χ4n) is 1.34. The van der Waals surface area contributed by atoms with E-state index in [2.05, 4.69) is 5.32 Å². The van der Waals surface area contributed by atoms with Crippen LogP contribution >= 0.6 is 0 Å². The zero-order valence-electron chi connectivity index (χ0n) is 10.9. The lowest BCUT2D eigenvalue weighted by Gasteiger charge is -2.25. The summed E-state index contributed by atoms with van der Waals surface area (Å²) in [5, 5.41) is 11.9. The summed E-state index contributed by atoms with van der Waals surface area (Å²) in [5.41, 5.74) is -1.34. The molecule has 0 bridgehead atoms. The van der Waals surface area contributed by atoms with E-state index in [9.17, 15) is 23.1 Å². The molecule has 0 aromatic heterocycles. The van der Waals surface area contributed by atoms with E-state index in [0.29, 0.717) is 12.1 Å². The third-order valence-corrected chi connectivity index (χ3v) is 2.69. The van der Waals surface area contributed by atoms with Crippen LogP contribution in [-0.4, -0.2) is 23.7 Å². The summed E-state index contributed by atoms with van der Waals surface area (Å²) in [7, 11) is 0. The van der Waals surface area contributed by atoms with Gasteiger partial charge in [-0.05, 0) is 5.41 Å². The molecule has 1 rings (SSSR count). The molecule has 0 saturated carbocycles. The van der Waals surface area contributed by atoms with Crippen molar-refractivity contribution in [3.05, 3.63) is 35.1 Å². The number of carbonyl (C=O) groups excluding carboxylic acids is 1. The van der Waals surface area contributed by atoms with E-state index in [4.69, 9.17) is 0 Å². The summed E-state index contributed by atoms with van der Waals surface area (Å²) in [5.74, 6) is -4.68. The molecule has 0 spiro atoms. The number of benzene rings is 1. The summed E-state index contributed by atoms with van der Waals surface area (Å²) in [4.78, 5) is 11.6. The molecule has 3 nitrogen and oxygen atoms in total. The van der Waals surface area contributed by atoms with E-state index < -0.39 is 40.4 Å². The van der Waals surface area contributed by atoms with Gasteiger partial charge in [-0.3, -0.25) is 4.79 Å². The van der Waals surface area contributed by atoms with Gasteiger partial charge in [0, 0.05) is 18.7 Å². The van der Waals surface area contributed by atoms with Gasteiger partial charge in [0.2, 0.25) is 0 Å². The minimum Gasteiger partial charge on any atom is -0.391 e. The van der Waals surface area contributed by atoms with Crippen LogP contribution in [0.25, 0.3) is 0 Å². The van der Waals surface area contributed by atoms with Crippen LogP contribution in [0.5, 0.6) is 0 Å². The number of aliphatic hydroxyl groups is 1. The number of hydrogen-bond acceptors (Lipinski definition) is 2. The standard InChI is InChI=1S/C13H16F3NO2/c1-13(2,3)10(18)6-17-12(19)11-8(15)4-7(14)5-9(11)16/h4-5,10,18H,6H2,1-3H3,(H,17,19). The molecule has 6 heteroatoms. The van der Waals surface area contributed by atoms with Crippen molar-refractivity contribution in [2.45, 2.75) is 26.9 Å².